The number of hydrogen-bond donors (Lipinski definition) is 1. The maximum absolute atomic E-state index is 6.04. The average molecular weight is 340 g/mol. The Bertz CT molecular complexity index is 752. The van der Waals surface area contributed by atoms with E-state index in [4.69, 9.17) is 4.74 Å². The molecule has 0 aliphatic carbocycles. The topological polar surface area (TPSA) is 52.0 Å². The van der Waals surface area contributed by atoms with Gasteiger partial charge in [-0.1, -0.05) is 24.1 Å². The Hall–Kier alpha value is -1.88. The van der Waals surface area contributed by atoms with Gasteiger partial charge in [-0.15, -0.1) is 10.2 Å². The van der Waals surface area contributed by atoms with Crippen LogP contribution in [0, 0.1) is 13.8 Å². The van der Waals surface area contributed by atoms with Crippen molar-refractivity contribution in [3.8, 4) is 5.75 Å². The fourth-order valence-corrected chi connectivity index (χ4v) is 4.16. The van der Waals surface area contributed by atoms with Crippen LogP contribution in [-0.4, -0.2) is 21.4 Å². The van der Waals surface area contributed by atoms with Crippen LogP contribution in [0.2, 0.25) is 0 Å². The Labute approximate surface area is 149 Å². The summed E-state index contributed by atoms with van der Waals surface area (Å²) >= 11 is 0. The second kappa shape index (κ2) is 7.16. The van der Waals surface area contributed by atoms with E-state index >= 15 is 0 Å². The molecule has 5 heteroatoms. The Kier molecular flexibility index (Phi) is 4.75. The van der Waals surface area contributed by atoms with Gasteiger partial charge in [-0.2, -0.15) is 0 Å². The highest BCUT2D eigenvalue weighted by Gasteiger charge is 2.22. The number of nitrogens with one attached hydrogen (secondary N) is 1. The van der Waals surface area contributed by atoms with Gasteiger partial charge in [-0.05, 0) is 45.1 Å². The normalized spacial score (nSPS) is 20.2. The molecular weight excluding hydrogens is 312 g/mol. The minimum absolute atomic E-state index is 0.315. The first kappa shape index (κ1) is 16.6. The molecule has 2 aliphatic heterocycles. The molecule has 0 spiro atoms. The predicted octanol–water partition coefficient (Wildman–Crippen LogP) is 3.62. The van der Waals surface area contributed by atoms with E-state index < -0.39 is 0 Å². The maximum Gasteiger partial charge on any atom is 0.147 e. The van der Waals surface area contributed by atoms with Gasteiger partial charge in [-0.3, -0.25) is 0 Å². The van der Waals surface area contributed by atoms with E-state index in [-0.39, 0.29) is 0 Å². The summed E-state index contributed by atoms with van der Waals surface area (Å²) in [5.74, 6) is 3.30. The lowest BCUT2D eigenvalue weighted by molar-refractivity contribution is 0.313. The van der Waals surface area contributed by atoms with Gasteiger partial charge in [0.1, 0.15) is 17.4 Å². The lowest BCUT2D eigenvalue weighted by atomic mass is 9.97. The summed E-state index contributed by atoms with van der Waals surface area (Å²) in [4.78, 5) is 0. The molecule has 0 radical (unpaired) electrons. The summed E-state index contributed by atoms with van der Waals surface area (Å²) in [7, 11) is 0. The third-order valence-electron chi connectivity index (χ3n) is 5.40. The molecule has 5 nitrogen and oxygen atoms in total. The fourth-order valence-electron chi connectivity index (χ4n) is 4.16. The van der Waals surface area contributed by atoms with Gasteiger partial charge in [-0.25, -0.2) is 0 Å². The smallest absolute Gasteiger partial charge is 0.147 e. The molecular formula is C20H28N4O. The molecule has 4 rings (SSSR count). The molecule has 0 saturated heterocycles. The predicted molar refractivity (Wildman–Crippen MR) is 97.8 cm³/mol. The highest BCUT2D eigenvalue weighted by atomic mass is 16.5. The molecule has 0 unspecified atom stereocenters. The third-order valence-corrected chi connectivity index (χ3v) is 5.40. The van der Waals surface area contributed by atoms with Crippen molar-refractivity contribution in [1.82, 2.24) is 20.1 Å². The Morgan fingerprint density at radius 3 is 3.00 bits per heavy atom. The molecule has 134 valence electrons. The molecule has 0 amide bonds. The van der Waals surface area contributed by atoms with Gasteiger partial charge in [0.25, 0.3) is 0 Å². The molecule has 1 aromatic carbocycles. The van der Waals surface area contributed by atoms with E-state index in [1.165, 1.54) is 36.0 Å². The van der Waals surface area contributed by atoms with Crippen LogP contribution in [-0.2, 0) is 19.5 Å². The summed E-state index contributed by atoms with van der Waals surface area (Å²) in [6.07, 6.45) is 6.99. The van der Waals surface area contributed by atoms with E-state index in [1.807, 2.05) is 0 Å². The van der Waals surface area contributed by atoms with Crippen molar-refractivity contribution < 1.29 is 4.74 Å². The number of ether oxygens (including phenoxy) is 1. The van der Waals surface area contributed by atoms with Crippen molar-refractivity contribution in [3.05, 3.63) is 40.5 Å². The molecule has 2 aromatic rings. The molecule has 1 aromatic heterocycles. The van der Waals surface area contributed by atoms with Crippen molar-refractivity contribution in [1.29, 1.82) is 0 Å². The Morgan fingerprint density at radius 2 is 2.08 bits per heavy atom. The standard InChI is InChI=1S/C20H28N4O/c1-14-11-15(2)20-16(12-14)17(7-6-10-25-20)21-13-19-23-22-18-8-4-3-5-9-24(18)19/h11-12,17,21H,3-10,13H2,1-2H3/t17-/m1/s1. The molecule has 0 bridgehead atoms. The summed E-state index contributed by atoms with van der Waals surface area (Å²) in [5.41, 5.74) is 3.83. The van der Waals surface area contributed by atoms with E-state index in [0.717, 1.165) is 56.4 Å². The quantitative estimate of drug-likeness (QED) is 0.927. The second-order valence-corrected chi connectivity index (χ2v) is 7.42. The minimum atomic E-state index is 0.315. The molecule has 25 heavy (non-hydrogen) atoms. The number of aryl methyl sites for hydroxylation is 3. The van der Waals surface area contributed by atoms with Crippen molar-refractivity contribution in [2.45, 2.75) is 71.5 Å². The molecule has 2 aliphatic rings. The van der Waals surface area contributed by atoms with Gasteiger partial charge in [0.15, 0.2) is 0 Å². The lowest BCUT2D eigenvalue weighted by Gasteiger charge is -2.20. The van der Waals surface area contributed by atoms with E-state index in [0.29, 0.717) is 6.04 Å². The van der Waals surface area contributed by atoms with Crippen LogP contribution in [0.5, 0.6) is 5.75 Å². The summed E-state index contributed by atoms with van der Waals surface area (Å²) in [6, 6.07) is 4.80. The average Bonchev–Trinajstić information content (AvgIpc) is 2.77. The molecule has 1 N–H and O–H groups in total. The Morgan fingerprint density at radius 1 is 1.16 bits per heavy atom. The molecule has 0 saturated carbocycles. The zero-order chi connectivity index (χ0) is 17.2. The largest absolute Gasteiger partial charge is 0.493 e. The van der Waals surface area contributed by atoms with Crippen LogP contribution < -0.4 is 10.1 Å². The van der Waals surface area contributed by atoms with Crippen LogP contribution in [0.4, 0.5) is 0 Å². The number of rotatable bonds is 3. The van der Waals surface area contributed by atoms with Crippen LogP contribution in [0.25, 0.3) is 0 Å². The zero-order valence-electron chi connectivity index (χ0n) is 15.3. The van der Waals surface area contributed by atoms with E-state index in [1.54, 1.807) is 0 Å². The number of aromatic nitrogens is 3. The molecule has 0 fully saturated rings. The van der Waals surface area contributed by atoms with Crippen LogP contribution in [0.1, 0.15) is 66.5 Å². The first-order valence-electron chi connectivity index (χ1n) is 9.60. The number of fused-ring (bicyclic) bond motifs is 2. The van der Waals surface area contributed by atoms with Gasteiger partial charge in [0.05, 0.1) is 13.2 Å². The summed E-state index contributed by atoms with van der Waals surface area (Å²) in [5, 5.41) is 12.6. The first-order valence-corrected chi connectivity index (χ1v) is 9.60. The highest BCUT2D eigenvalue weighted by molar-refractivity contribution is 5.46. The molecule has 3 heterocycles. The second-order valence-electron chi connectivity index (χ2n) is 7.42. The fraction of sp³-hybridized carbons (Fsp3) is 0.600. The molecule has 1 atom stereocenters. The van der Waals surface area contributed by atoms with E-state index in [9.17, 15) is 0 Å². The van der Waals surface area contributed by atoms with Crippen molar-refractivity contribution in [3.63, 3.8) is 0 Å². The SMILES string of the molecule is Cc1cc(C)c2c(c1)[C@H](NCc1nnc3n1CCCCC3)CCCO2. The van der Waals surface area contributed by atoms with Crippen molar-refractivity contribution in [2.75, 3.05) is 6.61 Å². The van der Waals surface area contributed by atoms with Crippen LogP contribution in [0.15, 0.2) is 12.1 Å². The van der Waals surface area contributed by atoms with Crippen molar-refractivity contribution in [2.24, 2.45) is 0 Å². The minimum Gasteiger partial charge on any atom is -0.493 e. The van der Waals surface area contributed by atoms with Gasteiger partial charge in [0.2, 0.25) is 0 Å². The number of benzene rings is 1. The van der Waals surface area contributed by atoms with Gasteiger partial charge >= 0.3 is 0 Å². The summed E-state index contributed by atoms with van der Waals surface area (Å²) < 4.78 is 8.36. The van der Waals surface area contributed by atoms with Gasteiger partial charge in [0, 0.05) is 24.6 Å². The number of hydrogen-bond acceptors (Lipinski definition) is 4. The highest BCUT2D eigenvalue weighted by Crippen LogP contribution is 2.35. The van der Waals surface area contributed by atoms with E-state index in [2.05, 4.69) is 46.1 Å². The number of nitrogens with zero attached hydrogens (tertiary/aromatic N) is 3. The van der Waals surface area contributed by atoms with Gasteiger partial charge < -0.3 is 14.6 Å². The maximum atomic E-state index is 6.04. The first-order chi connectivity index (χ1) is 12.2. The lowest BCUT2D eigenvalue weighted by Crippen LogP contribution is -2.23. The van der Waals surface area contributed by atoms with Crippen molar-refractivity contribution >= 4 is 0 Å². The van der Waals surface area contributed by atoms with Crippen LogP contribution >= 0.6 is 0 Å². The summed E-state index contributed by atoms with van der Waals surface area (Å²) in [6.45, 7) is 6.93. The Balaban J connectivity index is 1.55. The monoisotopic (exact) mass is 340 g/mol. The third kappa shape index (κ3) is 3.43. The zero-order valence-corrected chi connectivity index (χ0v) is 15.3. The van der Waals surface area contributed by atoms with Crippen LogP contribution in [0.3, 0.4) is 0 Å².